The molecule has 5 nitrogen and oxygen atoms in total. The zero-order valence-corrected chi connectivity index (χ0v) is 13.3. The number of alkyl halides is 3. The highest BCUT2D eigenvalue weighted by Crippen LogP contribution is 2.45. The molecule has 1 amide bonds. The van der Waals surface area contributed by atoms with Crippen molar-refractivity contribution >= 4 is 5.91 Å². The van der Waals surface area contributed by atoms with Crippen molar-refractivity contribution < 1.29 is 32.5 Å². The summed E-state index contributed by atoms with van der Waals surface area (Å²) in [6.07, 6.45) is -4.88. The van der Waals surface area contributed by atoms with Gasteiger partial charge in [0.2, 0.25) is 5.91 Å². The average molecular weight is 345 g/mol. The van der Waals surface area contributed by atoms with Crippen molar-refractivity contribution in [1.29, 1.82) is 0 Å². The van der Waals surface area contributed by atoms with Crippen molar-refractivity contribution in [3.63, 3.8) is 0 Å². The van der Waals surface area contributed by atoms with Crippen LogP contribution in [0.3, 0.4) is 0 Å². The largest absolute Gasteiger partial charge is 0.573 e. The lowest BCUT2D eigenvalue weighted by atomic mass is 9.85. The van der Waals surface area contributed by atoms with Crippen LogP contribution in [-0.2, 0) is 4.79 Å². The first-order valence-electron chi connectivity index (χ1n) is 7.65. The van der Waals surface area contributed by atoms with E-state index in [9.17, 15) is 23.1 Å². The average Bonchev–Trinajstić information content (AvgIpc) is 2.85. The van der Waals surface area contributed by atoms with Crippen LogP contribution in [0.1, 0.15) is 38.3 Å². The summed E-state index contributed by atoms with van der Waals surface area (Å²) in [6, 6.07) is 2.94. The second-order valence-corrected chi connectivity index (χ2v) is 6.53. The third-order valence-electron chi connectivity index (χ3n) is 4.36. The summed E-state index contributed by atoms with van der Waals surface area (Å²) in [5.41, 5.74) is -0.661. The van der Waals surface area contributed by atoms with E-state index in [0.717, 1.165) is 6.07 Å². The maximum atomic E-state index is 12.5. The second-order valence-electron chi connectivity index (χ2n) is 6.53. The third kappa shape index (κ3) is 3.02. The number of ether oxygens (including phenoxy) is 2. The van der Waals surface area contributed by atoms with Gasteiger partial charge in [0.15, 0.2) is 0 Å². The van der Waals surface area contributed by atoms with E-state index in [2.05, 4.69) is 4.74 Å². The van der Waals surface area contributed by atoms with Crippen LogP contribution in [0.2, 0.25) is 0 Å². The van der Waals surface area contributed by atoms with E-state index in [-0.39, 0.29) is 5.91 Å². The number of fused-ring (bicyclic) bond motifs is 1. The van der Waals surface area contributed by atoms with E-state index in [0.29, 0.717) is 30.7 Å². The van der Waals surface area contributed by atoms with Crippen LogP contribution in [0.25, 0.3) is 0 Å². The molecule has 1 aromatic rings. The number of hydrogen-bond acceptors (Lipinski definition) is 4. The minimum Gasteiger partial charge on any atom is -0.485 e. The lowest BCUT2D eigenvalue weighted by Crippen LogP contribution is -2.53. The highest BCUT2D eigenvalue weighted by molar-refractivity contribution is 5.79. The van der Waals surface area contributed by atoms with Gasteiger partial charge in [0, 0.05) is 18.5 Å². The van der Waals surface area contributed by atoms with Gasteiger partial charge in [0.05, 0.1) is 6.04 Å². The minimum absolute atomic E-state index is 0.134. The zero-order chi connectivity index (χ0) is 17.7. The molecule has 0 saturated carbocycles. The summed E-state index contributed by atoms with van der Waals surface area (Å²) in [5, 5.41) is 10.7. The van der Waals surface area contributed by atoms with Crippen LogP contribution in [0, 0.1) is 0 Å². The van der Waals surface area contributed by atoms with Gasteiger partial charge in [-0.25, -0.2) is 0 Å². The van der Waals surface area contributed by atoms with Gasteiger partial charge in [-0.2, -0.15) is 0 Å². The Hall–Kier alpha value is -1.96. The molecule has 1 N–H and O–H groups in total. The predicted octanol–water partition coefficient (Wildman–Crippen LogP) is 2.78. The van der Waals surface area contributed by atoms with Gasteiger partial charge in [0.25, 0.3) is 0 Å². The molecule has 2 aliphatic rings. The molecule has 1 aromatic carbocycles. The van der Waals surface area contributed by atoms with Gasteiger partial charge in [-0.1, -0.05) is 0 Å². The summed E-state index contributed by atoms with van der Waals surface area (Å²) < 4.78 is 47.1. The topological polar surface area (TPSA) is 59.0 Å². The fourth-order valence-electron chi connectivity index (χ4n) is 3.24. The molecule has 1 saturated heterocycles. The van der Waals surface area contributed by atoms with Gasteiger partial charge in [-0.05, 0) is 38.5 Å². The molecule has 8 heteroatoms. The first-order valence-corrected chi connectivity index (χ1v) is 7.65. The molecule has 2 heterocycles. The van der Waals surface area contributed by atoms with Crippen molar-refractivity contribution in [3.05, 3.63) is 23.8 Å². The van der Waals surface area contributed by atoms with Gasteiger partial charge >= 0.3 is 6.36 Å². The lowest BCUT2D eigenvalue weighted by molar-refractivity contribution is -0.274. The highest BCUT2D eigenvalue weighted by Gasteiger charge is 2.47. The highest BCUT2D eigenvalue weighted by atomic mass is 19.4. The monoisotopic (exact) mass is 345 g/mol. The molecule has 0 unspecified atom stereocenters. The van der Waals surface area contributed by atoms with E-state index in [4.69, 9.17) is 4.74 Å². The third-order valence-corrected chi connectivity index (χ3v) is 4.36. The summed E-state index contributed by atoms with van der Waals surface area (Å²) in [4.78, 5) is 13.6. The molecule has 0 aromatic heterocycles. The standard InChI is InChI=1S/C16H18F3NO4/c1-15(2)14(22)13(20-7-3-4-12(20)21)10-8-9(23-16(17,18)19)5-6-11(10)24-15/h5-6,8,13-14,22H,3-4,7H2,1-2H3/t13-,14+/m1/s1. The molecule has 0 bridgehead atoms. The second kappa shape index (κ2) is 5.54. The Morgan fingerprint density at radius 3 is 2.67 bits per heavy atom. The Labute approximate surface area is 137 Å². The van der Waals surface area contributed by atoms with Crippen molar-refractivity contribution in [2.24, 2.45) is 0 Å². The number of halogens is 3. The fourth-order valence-corrected chi connectivity index (χ4v) is 3.24. The molecule has 2 aliphatic heterocycles. The van der Waals surface area contributed by atoms with Crippen LogP contribution >= 0.6 is 0 Å². The minimum atomic E-state index is -4.82. The quantitative estimate of drug-likeness (QED) is 0.895. The summed E-state index contributed by atoms with van der Waals surface area (Å²) in [6.45, 7) is 3.79. The Morgan fingerprint density at radius 1 is 1.38 bits per heavy atom. The van der Waals surface area contributed by atoms with Gasteiger partial charge in [-0.3, -0.25) is 4.79 Å². The number of hydrogen-bond donors (Lipinski definition) is 1. The van der Waals surface area contributed by atoms with Crippen molar-refractivity contribution in [2.45, 2.75) is 50.8 Å². The maximum Gasteiger partial charge on any atom is 0.573 e. The van der Waals surface area contributed by atoms with Crippen LogP contribution < -0.4 is 9.47 Å². The van der Waals surface area contributed by atoms with Crippen molar-refractivity contribution in [2.75, 3.05) is 6.54 Å². The molecule has 24 heavy (non-hydrogen) atoms. The number of carbonyl (C=O) groups excluding carboxylic acids is 1. The van der Waals surface area contributed by atoms with Crippen molar-refractivity contribution in [1.82, 2.24) is 4.90 Å². The predicted molar refractivity (Wildman–Crippen MR) is 77.5 cm³/mol. The molecule has 2 atom stereocenters. The van der Waals surface area contributed by atoms with E-state index in [1.54, 1.807) is 13.8 Å². The molecule has 1 fully saturated rings. The lowest BCUT2D eigenvalue weighted by Gasteiger charge is -2.45. The number of aliphatic hydroxyl groups is 1. The smallest absolute Gasteiger partial charge is 0.485 e. The maximum absolute atomic E-state index is 12.5. The SMILES string of the molecule is CC1(C)Oc2ccc(OC(F)(F)F)cc2[C@@H](N2CCCC2=O)[C@@H]1O. The molecular weight excluding hydrogens is 327 g/mol. The van der Waals surface area contributed by atoms with Crippen molar-refractivity contribution in [3.8, 4) is 11.5 Å². The van der Waals surface area contributed by atoms with E-state index < -0.39 is 29.9 Å². The number of rotatable bonds is 2. The van der Waals surface area contributed by atoms with Crippen LogP contribution in [0.4, 0.5) is 13.2 Å². The van der Waals surface area contributed by atoms with Gasteiger partial charge in [0.1, 0.15) is 23.2 Å². The van der Waals surface area contributed by atoms with Gasteiger partial charge in [-0.15, -0.1) is 13.2 Å². The summed E-state index contributed by atoms with van der Waals surface area (Å²) >= 11 is 0. The Bertz CT molecular complexity index is 659. The summed E-state index contributed by atoms with van der Waals surface area (Å²) in [5.74, 6) is -0.206. The first kappa shape index (κ1) is 16.9. The molecule has 0 radical (unpaired) electrons. The Morgan fingerprint density at radius 2 is 2.08 bits per heavy atom. The normalized spacial score (nSPS) is 26.1. The molecular formula is C16H18F3NO4. The summed E-state index contributed by atoms with van der Waals surface area (Å²) in [7, 11) is 0. The number of nitrogens with zero attached hydrogens (tertiary/aromatic N) is 1. The molecule has 132 valence electrons. The van der Waals surface area contributed by atoms with E-state index >= 15 is 0 Å². The van der Waals surface area contributed by atoms with E-state index in [1.807, 2.05) is 0 Å². The molecule has 0 spiro atoms. The number of carbonyl (C=O) groups is 1. The number of benzene rings is 1. The van der Waals surface area contributed by atoms with Crippen LogP contribution in [0.15, 0.2) is 18.2 Å². The molecule has 3 rings (SSSR count). The Balaban J connectivity index is 2.05. The van der Waals surface area contributed by atoms with Crippen LogP contribution in [0.5, 0.6) is 11.5 Å². The van der Waals surface area contributed by atoms with Gasteiger partial charge < -0.3 is 19.5 Å². The number of amides is 1. The van der Waals surface area contributed by atoms with E-state index in [1.165, 1.54) is 17.0 Å². The molecule has 0 aliphatic carbocycles. The fraction of sp³-hybridized carbons (Fsp3) is 0.562. The van der Waals surface area contributed by atoms with Crippen LogP contribution in [-0.4, -0.2) is 40.5 Å². The first-order chi connectivity index (χ1) is 11.1. The number of likely N-dealkylation sites (tertiary alicyclic amines) is 1. The zero-order valence-electron chi connectivity index (χ0n) is 13.3. The Kier molecular flexibility index (Phi) is 3.90. The number of aliphatic hydroxyl groups excluding tert-OH is 1.